The molecule has 1 aromatic rings. The van der Waals surface area contributed by atoms with Gasteiger partial charge in [0.1, 0.15) is 5.75 Å². The van der Waals surface area contributed by atoms with E-state index in [1.807, 2.05) is 20.8 Å². The Morgan fingerprint density at radius 1 is 0.821 bits per heavy atom. The first-order chi connectivity index (χ1) is 13.0. The SMILES string of the molecule is C=C(C)C(=C(C)C)C(/C(C(=C)C)=C(\C)C(=C)C)c1ccc(C)cc1OC.CC. The number of hydrogen-bond acceptors (Lipinski definition) is 1. The lowest BCUT2D eigenvalue weighted by atomic mass is 9.75. The molecule has 0 saturated heterocycles. The summed E-state index contributed by atoms with van der Waals surface area (Å²) in [5.41, 5.74) is 10.3. The highest BCUT2D eigenvalue weighted by Gasteiger charge is 2.28. The van der Waals surface area contributed by atoms with Gasteiger partial charge in [-0.2, -0.15) is 0 Å². The molecule has 0 aliphatic rings. The topological polar surface area (TPSA) is 9.23 Å². The third kappa shape index (κ3) is 6.12. The zero-order valence-corrected chi connectivity index (χ0v) is 19.8. The minimum Gasteiger partial charge on any atom is -0.496 e. The van der Waals surface area contributed by atoms with Crippen LogP contribution in [0.1, 0.15) is 72.4 Å². The first-order valence-corrected chi connectivity index (χ1v) is 10.0. The maximum absolute atomic E-state index is 5.76. The van der Waals surface area contributed by atoms with Gasteiger partial charge in [-0.15, -0.1) is 0 Å². The number of ether oxygens (including phenoxy) is 1. The highest BCUT2D eigenvalue weighted by atomic mass is 16.5. The van der Waals surface area contributed by atoms with Gasteiger partial charge in [-0.05, 0) is 76.8 Å². The molecule has 1 rings (SSSR count). The molecule has 0 spiro atoms. The summed E-state index contributed by atoms with van der Waals surface area (Å²) >= 11 is 0. The van der Waals surface area contributed by atoms with Crippen LogP contribution in [0.15, 0.2) is 76.9 Å². The Bertz CT molecular complexity index is 796. The Hall–Kier alpha value is -2.28. The number of allylic oxidation sites excluding steroid dienone is 7. The van der Waals surface area contributed by atoms with E-state index in [1.165, 1.54) is 27.9 Å². The molecular formula is C27H40O. The fourth-order valence-electron chi connectivity index (χ4n) is 3.49. The van der Waals surface area contributed by atoms with E-state index < -0.39 is 0 Å². The Balaban J connectivity index is 0.00000352. The highest BCUT2D eigenvalue weighted by molar-refractivity contribution is 5.59. The fourth-order valence-corrected chi connectivity index (χ4v) is 3.49. The number of hydrogen-bond donors (Lipinski definition) is 0. The van der Waals surface area contributed by atoms with Crippen molar-refractivity contribution in [3.63, 3.8) is 0 Å². The van der Waals surface area contributed by atoms with Crippen LogP contribution in [0.4, 0.5) is 0 Å². The summed E-state index contributed by atoms with van der Waals surface area (Å²) in [5.74, 6) is 0.908. The molecule has 0 N–H and O–H groups in total. The third-order valence-electron chi connectivity index (χ3n) is 4.78. The van der Waals surface area contributed by atoms with Gasteiger partial charge in [0.25, 0.3) is 0 Å². The molecule has 154 valence electrons. The minimum atomic E-state index is 0.0160. The molecule has 1 atom stereocenters. The second-order valence-electron chi connectivity index (χ2n) is 7.47. The van der Waals surface area contributed by atoms with Gasteiger partial charge in [0.15, 0.2) is 0 Å². The van der Waals surface area contributed by atoms with Crippen molar-refractivity contribution in [2.45, 2.75) is 68.2 Å². The van der Waals surface area contributed by atoms with Crippen LogP contribution >= 0.6 is 0 Å². The van der Waals surface area contributed by atoms with Gasteiger partial charge < -0.3 is 4.74 Å². The van der Waals surface area contributed by atoms with Crippen LogP contribution in [-0.4, -0.2) is 7.11 Å². The average Bonchev–Trinajstić information content (AvgIpc) is 2.61. The van der Waals surface area contributed by atoms with E-state index in [-0.39, 0.29) is 5.92 Å². The summed E-state index contributed by atoms with van der Waals surface area (Å²) in [4.78, 5) is 0. The monoisotopic (exact) mass is 380 g/mol. The van der Waals surface area contributed by atoms with Crippen molar-refractivity contribution in [3.05, 3.63) is 88.1 Å². The van der Waals surface area contributed by atoms with E-state index in [1.54, 1.807) is 7.11 Å². The van der Waals surface area contributed by atoms with Crippen LogP contribution in [0.5, 0.6) is 5.75 Å². The fraction of sp³-hybridized carbons (Fsp3) is 0.407. The minimum absolute atomic E-state index is 0.0160. The molecule has 28 heavy (non-hydrogen) atoms. The van der Waals surface area contributed by atoms with Crippen molar-refractivity contribution in [3.8, 4) is 5.75 Å². The molecule has 0 aliphatic carbocycles. The molecule has 0 saturated carbocycles. The molecular weight excluding hydrogens is 340 g/mol. The molecule has 1 aromatic carbocycles. The Labute approximate surface area is 174 Å². The highest BCUT2D eigenvalue weighted by Crippen LogP contribution is 2.45. The molecule has 0 radical (unpaired) electrons. The van der Waals surface area contributed by atoms with Crippen molar-refractivity contribution in [2.24, 2.45) is 0 Å². The lowest BCUT2D eigenvalue weighted by molar-refractivity contribution is 0.408. The quantitative estimate of drug-likeness (QED) is 0.431. The normalized spacial score (nSPS) is 12.1. The average molecular weight is 381 g/mol. The van der Waals surface area contributed by atoms with Crippen molar-refractivity contribution < 1.29 is 4.74 Å². The van der Waals surface area contributed by atoms with Gasteiger partial charge >= 0.3 is 0 Å². The van der Waals surface area contributed by atoms with Crippen molar-refractivity contribution in [1.29, 1.82) is 0 Å². The summed E-state index contributed by atoms with van der Waals surface area (Å²) in [6.45, 7) is 31.4. The number of methoxy groups -OCH3 is 1. The lowest BCUT2D eigenvalue weighted by Gasteiger charge is -2.30. The van der Waals surface area contributed by atoms with Crippen LogP contribution in [-0.2, 0) is 0 Å². The standard InChI is InChI=1S/C25H34O.C2H6/c1-15(2)20(10)24(18(7)8)25(23(16(3)4)17(5)6)21-13-12-19(9)14-22(21)26-11;1-2/h12-14,25H,1,3,7H2,2,4-6,8-11H3;1-2H3/b24-20+;. The second-order valence-corrected chi connectivity index (χ2v) is 7.47. The predicted octanol–water partition coefficient (Wildman–Crippen LogP) is 8.49. The Kier molecular flexibility index (Phi) is 10.6. The van der Waals surface area contributed by atoms with Crippen LogP contribution < -0.4 is 4.74 Å². The van der Waals surface area contributed by atoms with E-state index in [2.05, 4.69) is 79.5 Å². The van der Waals surface area contributed by atoms with E-state index in [4.69, 9.17) is 4.74 Å². The van der Waals surface area contributed by atoms with Crippen molar-refractivity contribution >= 4 is 0 Å². The van der Waals surface area contributed by atoms with Gasteiger partial charge in [-0.25, -0.2) is 0 Å². The van der Waals surface area contributed by atoms with E-state index >= 15 is 0 Å². The van der Waals surface area contributed by atoms with E-state index in [0.29, 0.717) is 0 Å². The van der Waals surface area contributed by atoms with Crippen LogP contribution in [0.25, 0.3) is 0 Å². The summed E-state index contributed by atoms with van der Waals surface area (Å²) < 4.78 is 5.76. The van der Waals surface area contributed by atoms with Crippen LogP contribution in [0.3, 0.4) is 0 Å². The van der Waals surface area contributed by atoms with Gasteiger partial charge in [0.05, 0.1) is 7.11 Å². The van der Waals surface area contributed by atoms with Crippen LogP contribution in [0.2, 0.25) is 0 Å². The van der Waals surface area contributed by atoms with Crippen molar-refractivity contribution in [1.82, 2.24) is 0 Å². The van der Waals surface area contributed by atoms with Gasteiger partial charge in [-0.3, -0.25) is 0 Å². The molecule has 0 bridgehead atoms. The zero-order valence-electron chi connectivity index (χ0n) is 19.8. The number of benzene rings is 1. The maximum atomic E-state index is 5.76. The number of aryl methyl sites for hydroxylation is 1. The molecule has 1 unspecified atom stereocenters. The zero-order chi connectivity index (χ0) is 22.2. The molecule has 0 fully saturated rings. The maximum Gasteiger partial charge on any atom is 0.123 e. The summed E-state index contributed by atoms with van der Waals surface area (Å²) in [5, 5.41) is 0. The summed E-state index contributed by atoms with van der Waals surface area (Å²) in [6, 6.07) is 6.40. The number of rotatable bonds is 7. The molecule has 0 aromatic heterocycles. The first-order valence-electron chi connectivity index (χ1n) is 10.0. The molecule has 0 aliphatic heterocycles. The summed E-state index contributed by atoms with van der Waals surface area (Å²) in [7, 11) is 1.73. The molecule has 0 amide bonds. The molecule has 1 nitrogen and oxygen atoms in total. The summed E-state index contributed by atoms with van der Waals surface area (Å²) in [6.07, 6.45) is 0. The third-order valence-corrected chi connectivity index (χ3v) is 4.78. The molecule has 0 heterocycles. The van der Waals surface area contributed by atoms with E-state index in [9.17, 15) is 0 Å². The predicted molar refractivity (Wildman–Crippen MR) is 127 cm³/mol. The van der Waals surface area contributed by atoms with Gasteiger partial charge in [-0.1, -0.05) is 68.0 Å². The largest absolute Gasteiger partial charge is 0.496 e. The first kappa shape index (κ1) is 25.7. The van der Waals surface area contributed by atoms with Crippen molar-refractivity contribution in [2.75, 3.05) is 7.11 Å². The lowest BCUT2D eigenvalue weighted by Crippen LogP contribution is -2.13. The Morgan fingerprint density at radius 2 is 1.32 bits per heavy atom. The van der Waals surface area contributed by atoms with Crippen LogP contribution in [0, 0.1) is 6.92 Å². The smallest absolute Gasteiger partial charge is 0.123 e. The Morgan fingerprint density at radius 3 is 1.68 bits per heavy atom. The molecule has 1 heteroatoms. The second kappa shape index (κ2) is 11.5. The van der Waals surface area contributed by atoms with Gasteiger partial charge in [0.2, 0.25) is 0 Å². The van der Waals surface area contributed by atoms with E-state index in [0.717, 1.165) is 28.0 Å². The van der Waals surface area contributed by atoms with Gasteiger partial charge in [0, 0.05) is 11.5 Å².